The smallest absolute Gasteiger partial charge is 0.341 e. The van der Waals surface area contributed by atoms with Crippen LogP contribution in [0, 0.1) is 5.82 Å². The van der Waals surface area contributed by atoms with E-state index in [1.807, 2.05) is 0 Å². The summed E-state index contributed by atoms with van der Waals surface area (Å²) in [7, 11) is 1.55. The van der Waals surface area contributed by atoms with E-state index in [2.05, 4.69) is 9.97 Å². The minimum absolute atomic E-state index is 0.0982. The minimum Gasteiger partial charge on any atom is -0.341 e. The molecule has 2 aromatic rings. The Morgan fingerprint density at radius 2 is 1.88 bits per heavy atom. The molecule has 1 aromatic heterocycles. The van der Waals surface area contributed by atoms with Crippen molar-refractivity contribution in [2.24, 2.45) is 0 Å². The molecule has 0 bridgehead atoms. The molecule has 0 unspecified atom stereocenters. The number of carbonyl (C=O) groups is 1. The van der Waals surface area contributed by atoms with E-state index < -0.39 is 11.9 Å². The van der Waals surface area contributed by atoms with Gasteiger partial charge < -0.3 is 4.90 Å². The molecular weight excluding hydrogens is 346 g/mol. The number of nitrogens with zero attached hydrogens (tertiary/aromatic N) is 3. The van der Waals surface area contributed by atoms with Crippen molar-refractivity contribution in [2.75, 3.05) is 12.8 Å². The first-order chi connectivity index (χ1) is 11.3. The van der Waals surface area contributed by atoms with Crippen molar-refractivity contribution in [1.29, 1.82) is 0 Å². The van der Waals surface area contributed by atoms with Crippen LogP contribution in [0.15, 0.2) is 41.7 Å². The molecule has 9 heteroatoms. The van der Waals surface area contributed by atoms with E-state index in [0.717, 1.165) is 29.6 Å². The number of hydrogen-bond donors (Lipinski definition) is 0. The molecule has 1 amide bonds. The quantitative estimate of drug-likeness (QED) is 0.466. The van der Waals surface area contributed by atoms with Crippen molar-refractivity contribution in [3.8, 4) is 0 Å². The molecule has 0 N–H and O–H groups in total. The van der Waals surface area contributed by atoms with Crippen molar-refractivity contribution in [3.63, 3.8) is 0 Å². The number of aromatic nitrogens is 2. The van der Waals surface area contributed by atoms with Crippen LogP contribution in [0.3, 0.4) is 0 Å². The zero-order valence-electron chi connectivity index (χ0n) is 12.5. The highest BCUT2D eigenvalue weighted by atomic mass is 32.2. The Kier molecular flexibility index (Phi) is 5.76. The molecule has 0 spiro atoms. The summed E-state index contributed by atoms with van der Waals surface area (Å²) in [5, 5.41) is -0.117. The summed E-state index contributed by atoms with van der Waals surface area (Å²) >= 11 is 0.827. The minimum atomic E-state index is -4.55. The number of amides is 1. The fourth-order valence-corrected chi connectivity index (χ4v) is 2.53. The summed E-state index contributed by atoms with van der Waals surface area (Å²) < 4.78 is 50.5. The van der Waals surface area contributed by atoms with Crippen LogP contribution in [-0.4, -0.2) is 33.6 Å². The first-order valence-electron chi connectivity index (χ1n) is 6.77. The predicted molar refractivity (Wildman–Crippen MR) is 80.6 cm³/mol. The Hall–Kier alpha value is -2.16. The van der Waals surface area contributed by atoms with Crippen LogP contribution in [0.4, 0.5) is 17.6 Å². The van der Waals surface area contributed by atoms with Crippen LogP contribution in [-0.2, 0) is 17.5 Å². The Morgan fingerprint density at radius 1 is 1.21 bits per heavy atom. The third-order valence-electron chi connectivity index (χ3n) is 3.01. The SMILES string of the molecule is CN(Cc1ccc(F)cc1)C(=O)CSc1nccc(C(F)(F)F)n1. The number of halogens is 4. The number of hydrogen-bond acceptors (Lipinski definition) is 4. The topological polar surface area (TPSA) is 46.1 Å². The monoisotopic (exact) mass is 359 g/mol. The molecule has 0 fully saturated rings. The molecular formula is C15H13F4N3OS. The van der Waals surface area contributed by atoms with Gasteiger partial charge in [-0.3, -0.25) is 4.79 Å². The summed E-state index contributed by atoms with van der Waals surface area (Å²) in [6, 6.07) is 6.47. The van der Waals surface area contributed by atoms with Crippen LogP contribution < -0.4 is 0 Å². The summed E-state index contributed by atoms with van der Waals surface area (Å²) in [6.07, 6.45) is -3.55. The van der Waals surface area contributed by atoms with Gasteiger partial charge in [-0.1, -0.05) is 23.9 Å². The molecule has 0 aliphatic carbocycles. The van der Waals surface area contributed by atoms with Crippen molar-refractivity contribution in [2.45, 2.75) is 17.9 Å². The van der Waals surface area contributed by atoms with Gasteiger partial charge in [-0.25, -0.2) is 14.4 Å². The Labute approximate surface area is 139 Å². The second-order valence-corrected chi connectivity index (χ2v) is 5.83. The molecule has 1 heterocycles. The normalized spacial score (nSPS) is 11.4. The molecule has 0 atom stereocenters. The van der Waals surface area contributed by atoms with Crippen LogP contribution in [0.5, 0.6) is 0 Å². The third kappa shape index (κ3) is 5.19. The lowest BCUT2D eigenvalue weighted by Gasteiger charge is -2.17. The van der Waals surface area contributed by atoms with E-state index in [-0.39, 0.29) is 29.2 Å². The maximum absolute atomic E-state index is 12.8. The molecule has 0 saturated carbocycles. The number of benzene rings is 1. The number of thioether (sulfide) groups is 1. The van der Waals surface area contributed by atoms with Gasteiger partial charge in [0.2, 0.25) is 5.91 Å². The van der Waals surface area contributed by atoms with E-state index >= 15 is 0 Å². The lowest BCUT2D eigenvalue weighted by Crippen LogP contribution is -2.27. The van der Waals surface area contributed by atoms with E-state index in [9.17, 15) is 22.4 Å². The summed E-state index contributed by atoms with van der Waals surface area (Å²) in [6.45, 7) is 0.267. The van der Waals surface area contributed by atoms with Gasteiger partial charge in [0.15, 0.2) is 5.16 Å². The number of alkyl halides is 3. The molecule has 24 heavy (non-hydrogen) atoms. The van der Waals surface area contributed by atoms with Gasteiger partial charge in [-0.2, -0.15) is 13.2 Å². The number of rotatable bonds is 5. The zero-order valence-corrected chi connectivity index (χ0v) is 13.4. The summed E-state index contributed by atoms with van der Waals surface area (Å²) in [5.41, 5.74) is -0.306. The van der Waals surface area contributed by atoms with Crippen molar-refractivity contribution in [3.05, 3.63) is 53.6 Å². The van der Waals surface area contributed by atoms with Crippen LogP contribution >= 0.6 is 11.8 Å². The lowest BCUT2D eigenvalue weighted by molar-refractivity contribution is -0.141. The van der Waals surface area contributed by atoms with E-state index in [1.54, 1.807) is 19.2 Å². The second-order valence-electron chi connectivity index (χ2n) is 4.89. The van der Waals surface area contributed by atoms with Gasteiger partial charge in [0.05, 0.1) is 5.75 Å². The standard InChI is InChI=1S/C15H13F4N3OS/c1-22(8-10-2-4-11(16)5-3-10)13(23)9-24-14-20-7-6-12(21-14)15(17,18)19/h2-7H,8-9H2,1H3. The molecule has 0 aliphatic heterocycles. The third-order valence-corrected chi connectivity index (χ3v) is 3.85. The molecule has 4 nitrogen and oxygen atoms in total. The highest BCUT2D eigenvalue weighted by Gasteiger charge is 2.32. The Bertz CT molecular complexity index is 707. The van der Waals surface area contributed by atoms with Crippen molar-refractivity contribution < 1.29 is 22.4 Å². The molecule has 1 aromatic carbocycles. The maximum atomic E-state index is 12.8. The van der Waals surface area contributed by atoms with Crippen molar-refractivity contribution in [1.82, 2.24) is 14.9 Å². The second kappa shape index (κ2) is 7.61. The highest BCUT2D eigenvalue weighted by molar-refractivity contribution is 7.99. The molecule has 2 rings (SSSR count). The largest absolute Gasteiger partial charge is 0.433 e. The lowest BCUT2D eigenvalue weighted by atomic mass is 10.2. The summed E-state index contributed by atoms with van der Waals surface area (Å²) in [4.78, 5) is 20.5. The van der Waals surface area contributed by atoms with Crippen LogP contribution in [0.2, 0.25) is 0 Å². The van der Waals surface area contributed by atoms with Gasteiger partial charge >= 0.3 is 6.18 Å². The van der Waals surface area contributed by atoms with Crippen molar-refractivity contribution >= 4 is 17.7 Å². The zero-order chi connectivity index (χ0) is 17.7. The van der Waals surface area contributed by atoms with Crippen LogP contribution in [0.1, 0.15) is 11.3 Å². The highest BCUT2D eigenvalue weighted by Crippen LogP contribution is 2.28. The molecule has 0 aliphatic rings. The predicted octanol–water partition coefficient (Wildman–Crippen LogP) is 3.39. The average Bonchev–Trinajstić information content (AvgIpc) is 2.54. The fraction of sp³-hybridized carbons (Fsp3) is 0.267. The van der Waals surface area contributed by atoms with E-state index in [1.165, 1.54) is 17.0 Å². The van der Waals surface area contributed by atoms with Gasteiger partial charge in [0, 0.05) is 19.8 Å². The maximum Gasteiger partial charge on any atom is 0.433 e. The van der Waals surface area contributed by atoms with Gasteiger partial charge in [-0.05, 0) is 23.8 Å². The van der Waals surface area contributed by atoms with Gasteiger partial charge in [0.1, 0.15) is 11.5 Å². The molecule has 0 saturated heterocycles. The first-order valence-corrected chi connectivity index (χ1v) is 7.76. The van der Waals surface area contributed by atoms with E-state index in [0.29, 0.717) is 0 Å². The van der Waals surface area contributed by atoms with Gasteiger partial charge in [0.25, 0.3) is 0 Å². The fourth-order valence-electron chi connectivity index (χ4n) is 1.76. The Morgan fingerprint density at radius 3 is 2.50 bits per heavy atom. The summed E-state index contributed by atoms with van der Waals surface area (Å²) in [5.74, 6) is -0.769. The average molecular weight is 359 g/mol. The van der Waals surface area contributed by atoms with E-state index in [4.69, 9.17) is 0 Å². The molecule has 0 radical (unpaired) electrons. The van der Waals surface area contributed by atoms with Crippen LogP contribution in [0.25, 0.3) is 0 Å². The molecule has 128 valence electrons. The Balaban J connectivity index is 1.91. The number of carbonyl (C=O) groups excluding carboxylic acids is 1. The van der Waals surface area contributed by atoms with Gasteiger partial charge in [-0.15, -0.1) is 0 Å². The first kappa shape index (κ1) is 18.2.